The van der Waals surface area contributed by atoms with Crippen LogP contribution in [0.1, 0.15) is 38.2 Å². The summed E-state index contributed by atoms with van der Waals surface area (Å²) in [6.45, 7) is 5.46. The molecule has 1 fully saturated rings. The van der Waals surface area contributed by atoms with Gasteiger partial charge in [-0.15, -0.1) is 0 Å². The van der Waals surface area contributed by atoms with Gasteiger partial charge in [-0.25, -0.2) is 4.99 Å². The number of methoxy groups -OCH3 is 1. The van der Waals surface area contributed by atoms with Crippen molar-refractivity contribution in [2.24, 2.45) is 10.4 Å². The average Bonchev–Trinajstić information content (AvgIpc) is 2.51. The minimum atomic E-state index is 0.391. The monoisotopic (exact) mass is 381 g/mol. The molecule has 1 aliphatic rings. The summed E-state index contributed by atoms with van der Waals surface area (Å²) >= 11 is 3.51. The van der Waals surface area contributed by atoms with Crippen LogP contribution in [0.3, 0.4) is 0 Å². The highest BCUT2D eigenvalue weighted by Crippen LogP contribution is 2.43. The zero-order valence-corrected chi connectivity index (χ0v) is 15.8. The number of halogens is 1. The van der Waals surface area contributed by atoms with Crippen molar-refractivity contribution in [3.05, 3.63) is 34.3 Å². The lowest BCUT2D eigenvalue weighted by Gasteiger charge is -2.42. The lowest BCUT2D eigenvalue weighted by molar-refractivity contribution is 0.0732. The van der Waals surface area contributed by atoms with Gasteiger partial charge in [-0.05, 0) is 49.3 Å². The molecule has 23 heavy (non-hydrogen) atoms. The third kappa shape index (κ3) is 5.81. The van der Waals surface area contributed by atoms with Gasteiger partial charge in [-0.2, -0.15) is 0 Å². The summed E-state index contributed by atoms with van der Waals surface area (Å²) in [5.41, 5.74) is 1.59. The lowest BCUT2D eigenvalue weighted by atomic mass is 9.67. The van der Waals surface area contributed by atoms with Crippen molar-refractivity contribution in [2.45, 2.75) is 39.2 Å². The molecule has 1 aliphatic carbocycles. The number of hydrogen-bond acceptors (Lipinski definition) is 2. The van der Waals surface area contributed by atoms with Crippen molar-refractivity contribution in [3.63, 3.8) is 0 Å². The Bertz CT molecular complexity index is 515. The van der Waals surface area contributed by atoms with Crippen molar-refractivity contribution in [3.8, 4) is 0 Å². The number of guanidine groups is 1. The van der Waals surface area contributed by atoms with Crippen LogP contribution in [0.25, 0.3) is 0 Å². The van der Waals surface area contributed by atoms with Gasteiger partial charge >= 0.3 is 0 Å². The second-order valence-electron chi connectivity index (χ2n) is 6.27. The van der Waals surface area contributed by atoms with Crippen LogP contribution in [0.15, 0.2) is 33.7 Å². The topological polar surface area (TPSA) is 45.7 Å². The molecule has 1 aromatic rings. The normalized spacial score (nSPS) is 16.7. The molecule has 1 aromatic carbocycles. The Balaban J connectivity index is 1.91. The zero-order valence-electron chi connectivity index (χ0n) is 14.2. The summed E-state index contributed by atoms with van der Waals surface area (Å²) in [7, 11) is 1.78. The van der Waals surface area contributed by atoms with E-state index in [1.165, 1.54) is 24.8 Å². The highest BCUT2D eigenvalue weighted by atomic mass is 79.9. The first-order chi connectivity index (χ1) is 11.2. The molecule has 0 saturated heterocycles. The first-order valence-corrected chi connectivity index (χ1v) is 9.22. The molecule has 128 valence electrons. The molecule has 0 atom stereocenters. The summed E-state index contributed by atoms with van der Waals surface area (Å²) in [5, 5.41) is 6.87. The van der Waals surface area contributed by atoms with E-state index in [1.54, 1.807) is 7.11 Å². The van der Waals surface area contributed by atoms with Crippen LogP contribution in [0.2, 0.25) is 0 Å². The fourth-order valence-electron chi connectivity index (χ4n) is 2.93. The number of aliphatic imine (C=N–C) groups is 1. The van der Waals surface area contributed by atoms with Crippen LogP contribution in [0, 0.1) is 5.41 Å². The third-order valence-corrected chi connectivity index (χ3v) is 5.03. The highest BCUT2D eigenvalue weighted by Gasteiger charge is 2.36. The first-order valence-electron chi connectivity index (χ1n) is 8.43. The van der Waals surface area contributed by atoms with Gasteiger partial charge < -0.3 is 15.4 Å². The van der Waals surface area contributed by atoms with Crippen molar-refractivity contribution < 1.29 is 4.74 Å². The Morgan fingerprint density at radius 3 is 2.78 bits per heavy atom. The van der Waals surface area contributed by atoms with Crippen LogP contribution in [0.5, 0.6) is 0 Å². The number of nitrogens with zero attached hydrogens (tertiary/aromatic N) is 1. The van der Waals surface area contributed by atoms with Crippen molar-refractivity contribution in [1.29, 1.82) is 0 Å². The molecule has 2 rings (SSSR count). The molecule has 0 aliphatic heterocycles. The molecule has 0 bridgehead atoms. The number of nitrogens with one attached hydrogen (secondary N) is 2. The molecule has 0 spiro atoms. The maximum Gasteiger partial charge on any atom is 0.191 e. The molecule has 4 nitrogen and oxygen atoms in total. The van der Waals surface area contributed by atoms with Crippen LogP contribution < -0.4 is 10.6 Å². The Morgan fingerprint density at radius 2 is 2.17 bits per heavy atom. The van der Waals surface area contributed by atoms with E-state index in [2.05, 4.69) is 45.6 Å². The van der Waals surface area contributed by atoms with Gasteiger partial charge in [-0.1, -0.05) is 34.5 Å². The summed E-state index contributed by atoms with van der Waals surface area (Å²) in [5.74, 6) is 0.899. The van der Waals surface area contributed by atoms with E-state index < -0.39 is 0 Å². The second kappa shape index (κ2) is 9.28. The third-order valence-electron chi connectivity index (χ3n) is 4.53. The first kappa shape index (κ1) is 18.3. The Labute approximate surface area is 148 Å². The molecule has 2 N–H and O–H groups in total. The molecule has 5 heteroatoms. The van der Waals surface area contributed by atoms with E-state index in [0.29, 0.717) is 12.0 Å². The van der Waals surface area contributed by atoms with Crippen molar-refractivity contribution in [2.75, 3.05) is 26.8 Å². The van der Waals surface area contributed by atoms with E-state index in [4.69, 9.17) is 9.73 Å². The van der Waals surface area contributed by atoms with E-state index >= 15 is 0 Å². The Kier molecular flexibility index (Phi) is 7.37. The van der Waals surface area contributed by atoms with Crippen molar-refractivity contribution in [1.82, 2.24) is 10.6 Å². The number of ether oxygens (including phenoxy) is 1. The summed E-state index contributed by atoms with van der Waals surface area (Å²) in [6.07, 6.45) is 5.03. The van der Waals surface area contributed by atoms with E-state index in [-0.39, 0.29) is 0 Å². The van der Waals surface area contributed by atoms with Crippen LogP contribution in [-0.4, -0.2) is 32.8 Å². The minimum absolute atomic E-state index is 0.391. The van der Waals surface area contributed by atoms with E-state index in [9.17, 15) is 0 Å². The molecule has 0 radical (unpaired) electrons. The predicted molar refractivity (Wildman–Crippen MR) is 99.7 cm³/mol. The fraction of sp³-hybridized carbons (Fsp3) is 0.611. The van der Waals surface area contributed by atoms with E-state index in [0.717, 1.165) is 36.5 Å². The average molecular weight is 382 g/mol. The maximum absolute atomic E-state index is 5.27. The Morgan fingerprint density at radius 1 is 1.35 bits per heavy atom. The maximum atomic E-state index is 5.27. The van der Waals surface area contributed by atoms with Crippen LogP contribution >= 0.6 is 15.9 Å². The molecule has 0 aromatic heterocycles. The molecule has 0 heterocycles. The fourth-order valence-corrected chi connectivity index (χ4v) is 3.38. The molecule has 1 saturated carbocycles. The SMILES string of the molecule is CCNC(=NCc1cccc(Br)c1)NCC1(CCOC)CCC1. The summed E-state index contributed by atoms with van der Waals surface area (Å²) in [4.78, 5) is 4.71. The van der Waals surface area contributed by atoms with Crippen LogP contribution in [-0.2, 0) is 11.3 Å². The van der Waals surface area contributed by atoms with Gasteiger partial charge in [0.05, 0.1) is 6.54 Å². The zero-order chi connectivity index (χ0) is 16.5. The van der Waals surface area contributed by atoms with Gasteiger partial charge in [0.1, 0.15) is 0 Å². The van der Waals surface area contributed by atoms with Crippen LogP contribution in [0.4, 0.5) is 0 Å². The van der Waals surface area contributed by atoms with Gasteiger partial charge in [0, 0.05) is 31.3 Å². The molecule has 0 unspecified atom stereocenters. The lowest BCUT2D eigenvalue weighted by Crippen LogP contribution is -2.46. The molecular weight excluding hydrogens is 354 g/mol. The highest BCUT2D eigenvalue weighted by molar-refractivity contribution is 9.10. The molecular formula is C18H28BrN3O. The van der Waals surface area contributed by atoms with Gasteiger partial charge in [0.25, 0.3) is 0 Å². The Hall–Kier alpha value is -1.07. The predicted octanol–water partition coefficient (Wildman–Crippen LogP) is 3.71. The molecule has 0 amide bonds. The summed E-state index contributed by atoms with van der Waals surface area (Å²) in [6, 6.07) is 8.29. The number of rotatable bonds is 8. The second-order valence-corrected chi connectivity index (χ2v) is 7.19. The summed E-state index contributed by atoms with van der Waals surface area (Å²) < 4.78 is 6.36. The van der Waals surface area contributed by atoms with Gasteiger partial charge in [0.2, 0.25) is 0 Å². The van der Waals surface area contributed by atoms with E-state index in [1.807, 2.05) is 12.1 Å². The standard InChI is InChI=1S/C18H28BrN3O/c1-3-20-17(21-13-15-6-4-7-16(19)12-15)22-14-18(8-5-9-18)10-11-23-2/h4,6-7,12H,3,5,8-11,13-14H2,1-2H3,(H2,20,21,22). The van der Waals surface area contributed by atoms with Gasteiger partial charge in [0.15, 0.2) is 5.96 Å². The van der Waals surface area contributed by atoms with Gasteiger partial charge in [-0.3, -0.25) is 0 Å². The number of hydrogen-bond donors (Lipinski definition) is 2. The number of benzene rings is 1. The van der Waals surface area contributed by atoms with Crippen molar-refractivity contribution >= 4 is 21.9 Å². The minimum Gasteiger partial charge on any atom is -0.385 e. The largest absolute Gasteiger partial charge is 0.385 e. The smallest absolute Gasteiger partial charge is 0.191 e. The quantitative estimate of drug-likeness (QED) is 0.532.